The van der Waals surface area contributed by atoms with Gasteiger partial charge in [0.1, 0.15) is 6.04 Å². The number of carboxylic acids is 1. The van der Waals surface area contributed by atoms with Crippen LogP contribution in [0.4, 0.5) is 0 Å². The van der Waals surface area contributed by atoms with E-state index in [0.717, 1.165) is 25.9 Å². The minimum absolute atomic E-state index is 0.0600. The van der Waals surface area contributed by atoms with Crippen LogP contribution in [0.15, 0.2) is 0 Å². The van der Waals surface area contributed by atoms with Crippen molar-refractivity contribution in [3.63, 3.8) is 0 Å². The number of nitrogens with two attached hydrogens (primary N) is 1. The third kappa shape index (κ3) is 2.79. The van der Waals surface area contributed by atoms with E-state index in [1.54, 1.807) is 0 Å². The largest absolute Gasteiger partial charge is 0.480 e. The third-order valence-corrected chi connectivity index (χ3v) is 2.11. The molecule has 1 rings (SSSR count). The Morgan fingerprint density at radius 2 is 2.42 bits per heavy atom. The van der Waals surface area contributed by atoms with Crippen LogP contribution < -0.4 is 5.73 Å². The fourth-order valence-electron chi connectivity index (χ4n) is 1.38. The van der Waals surface area contributed by atoms with Gasteiger partial charge in [0.25, 0.3) is 0 Å². The van der Waals surface area contributed by atoms with Gasteiger partial charge in [-0.05, 0) is 25.7 Å². The molecule has 1 aliphatic rings. The summed E-state index contributed by atoms with van der Waals surface area (Å²) in [6.45, 7) is 0.747. The molecule has 0 radical (unpaired) electrons. The molecule has 0 bridgehead atoms. The lowest BCUT2D eigenvalue weighted by Gasteiger charge is -2.23. The molecular weight excluding hydrogens is 158 g/mol. The fourth-order valence-corrected chi connectivity index (χ4v) is 1.38. The average Bonchev–Trinajstić information content (AvgIpc) is 2.06. The van der Waals surface area contributed by atoms with E-state index < -0.39 is 12.0 Å². The maximum absolute atomic E-state index is 10.4. The minimum atomic E-state index is -0.941. The van der Waals surface area contributed by atoms with E-state index in [-0.39, 0.29) is 6.10 Å². The molecule has 0 aliphatic carbocycles. The molecule has 12 heavy (non-hydrogen) atoms. The van der Waals surface area contributed by atoms with Gasteiger partial charge in [-0.1, -0.05) is 0 Å². The van der Waals surface area contributed by atoms with Crippen molar-refractivity contribution in [2.75, 3.05) is 6.61 Å². The number of ether oxygens (including phenoxy) is 1. The highest BCUT2D eigenvalue weighted by molar-refractivity contribution is 5.73. The molecule has 0 aromatic rings. The summed E-state index contributed by atoms with van der Waals surface area (Å²) in [5.41, 5.74) is 5.37. The molecule has 4 heteroatoms. The summed E-state index contributed by atoms with van der Waals surface area (Å²) in [4.78, 5) is 10.4. The van der Waals surface area contributed by atoms with Gasteiger partial charge in [0.15, 0.2) is 0 Å². The second kappa shape index (κ2) is 4.42. The van der Waals surface area contributed by atoms with E-state index in [9.17, 15) is 4.79 Å². The smallest absolute Gasteiger partial charge is 0.320 e. The predicted octanol–water partition coefficient (Wildman–Crippen LogP) is 0.357. The Bertz CT molecular complexity index is 154. The van der Waals surface area contributed by atoms with Gasteiger partial charge in [-0.15, -0.1) is 0 Å². The Morgan fingerprint density at radius 3 is 2.92 bits per heavy atom. The van der Waals surface area contributed by atoms with Crippen molar-refractivity contribution in [3.05, 3.63) is 0 Å². The Labute approximate surface area is 71.7 Å². The Balaban J connectivity index is 2.24. The van der Waals surface area contributed by atoms with Crippen LogP contribution in [-0.2, 0) is 9.53 Å². The topological polar surface area (TPSA) is 72.5 Å². The maximum Gasteiger partial charge on any atom is 0.320 e. The highest BCUT2D eigenvalue weighted by atomic mass is 16.5. The van der Waals surface area contributed by atoms with Crippen LogP contribution in [0.2, 0.25) is 0 Å². The summed E-state index contributed by atoms with van der Waals surface area (Å²) < 4.78 is 5.36. The van der Waals surface area contributed by atoms with E-state index >= 15 is 0 Å². The summed E-state index contributed by atoms with van der Waals surface area (Å²) in [5, 5.41) is 8.53. The second-order valence-electron chi connectivity index (χ2n) is 3.17. The first-order chi connectivity index (χ1) is 5.70. The Morgan fingerprint density at radius 1 is 1.67 bits per heavy atom. The summed E-state index contributed by atoms with van der Waals surface area (Å²) in [5.74, 6) is -0.941. The van der Waals surface area contributed by atoms with E-state index in [1.165, 1.54) is 0 Å². The van der Waals surface area contributed by atoms with Gasteiger partial charge < -0.3 is 15.6 Å². The number of carbonyl (C=O) groups is 1. The van der Waals surface area contributed by atoms with E-state index in [1.807, 2.05) is 0 Å². The molecule has 1 fully saturated rings. The van der Waals surface area contributed by atoms with Gasteiger partial charge in [0, 0.05) is 6.61 Å². The van der Waals surface area contributed by atoms with Crippen LogP contribution in [0.1, 0.15) is 25.7 Å². The molecule has 0 aromatic heterocycles. The van der Waals surface area contributed by atoms with Crippen LogP contribution in [0.3, 0.4) is 0 Å². The lowest BCUT2D eigenvalue weighted by molar-refractivity contribution is -0.139. The number of hydrogen-bond donors (Lipinski definition) is 2. The second-order valence-corrected chi connectivity index (χ2v) is 3.17. The molecule has 70 valence electrons. The molecule has 4 nitrogen and oxygen atoms in total. The zero-order valence-electron chi connectivity index (χ0n) is 7.03. The molecule has 0 amide bonds. The molecule has 0 saturated carbocycles. The van der Waals surface area contributed by atoms with Crippen LogP contribution in [0.25, 0.3) is 0 Å². The first-order valence-corrected chi connectivity index (χ1v) is 4.30. The molecule has 1 saturated heterocycles. The van der Waals surface area contributed by atoms with Crippen molar-refractivity contribution in [1.82, 2.24) is 0 Å². The number of hydrogen-bond acceptors (Lipinski definition) is 3. The first-order valence-electron chi connectivity index (χ1n) is 4.30. The van der Waals surface area contributed by atoms with E-state index in [4.69, 9.17) is 15.6 Å². The van der Waals surface area contributed by atoms with Crippen LogP contribution in [0.5, 0.6) is 0 Å². The van der Waals surface area contributed by atoms with E-state index in [0.29, 0.717) is 6.42 Å². The Kier molecular flexibility index (Phi) is 3.49. The fraction of sp³-hybridized carbons (Fsp3) is 0.875. The summed E-state index contributed by atoms with van der Waals surface area (Å²) in [6, 6.07) is -0.770. The summed E-state index contributed by atoms with van der Waals surface area (Å²) in [6.07, 6.45) is 3.65. The highest BCUT2D eigenvalue weighted by Gasteiger charge is 2.20. The Hall–Kier alpha value is -0.610. The van der Waals surface area contributed by atoms with Gasteiger partial charge >= 0.3 is 5.97 Å². The van der Waals surface area contributed by atoms with Crippen LogP contribution in [0, 0.1) is 0 Å². The average molecular weight is 173 g/mol. The van der Waals surface area contributed by atoms with Crippen molar-refractivity contribution in [2.24, 2.45) is 5.73 Å². The molecule has 0 spiro atoms. The van der Waals surface area contributed by atoms with Crippen LogP contribution >= 0.6 is 0 Å². The van der Waals surface area contributed by atoms with Gasteiger partial charge in [0.2, 0.25) is 0 Å². The third-order valence-electron chi connectivity index (χ3n) is 2.11. The molecule has 1 aliphatic heterocycles. The highest BCUT2D eigenvalue weighted by Crippen LogP contribution is 2.16. The monoisotopic (exact) mass is 173 g/mol. The molecule has 1 heterocycles. The number of aliphatic carboxylic acids is 1. The van der Waals surface area contributed by atoms with Gasteiger partial charge in [-0.2, -0.15) is 0 Å². The SMILES string of the molecule is N[C@H](CC1CCCCO1)C(=O)O. The molecular formula is C8H15NO3. The molecule has 0 aromatic carbocycles. The molecule has 3 N–H and O–H groups in total. The van der Waals surface area contributed by atoms with Crippen molar-refractivity contribution in [3.8, 4) is 0 Å². The minimum Gasteiger partial charge on any atom is -0.480 e. The van der Waals surface area contributed by atoms with Gasteiger partial charge in [-0.3, -0.25) is 4.79 Å². The number of carboxylic acid groups (broad SMARTS) is 1. The van der Waals surface area contributed by atoms with Crippen molar-refractivity contribution in [1.29, 1.82) is 0 Å². The lowest BCUT2D eigenvalue weighted by Crippen LogP contribution is -2.35. The standard InChI is InChI=1S/C8H15NO3/c9-7(8(10)11)5-6-3-1-2-4-12-6/h6-7H,1-5,9H2,(H,10,11)/t6?,7-/m1/s1. The summed E-state index contributed by atoms with van der Waals surface area (Å²) in [7, 11) is 0. The molecule has 1 unspecified atom stereocenters. The first kappa shape index (κ1) is 9.48. The van der Waals surface area contributed by atoms with Gasteiger partial charge in [0.05, 0.1) is 6.10 Å². The van der Waals surface area contributed by atoms with Crippen molar-refractivity contribution < 1.29 is 14.6 Å². The zero-order valence-corrected chi connectivity index (χ0v) is 7.03. The number of rotatable bonds is 3. The normalized spacial score (nSPS) is 26.6. The predicted molar refractivity (Wildman–Crippen MR) is 43.8 cm³/mol. The van der Waals surface area contributed by atoms with Gasteiger partial charge in [-0.25, -0.2) is 0 Å². The van der Waals surface area contributed by atoms with E-state index in [2.05, 4.69) is 0 Å². The molecule has 2 atom stereocenters. The summed E-state index contributed by atoms with van der Waals surface area (Å²) >= 11 is 0. The van der Waals surface area contributed by atoms with Crippen molar-refractivity contribution >= 4 is 5.97 Å². The van der Waals surface area contributed by atoms with Crippen molar-refractivity contribution in [2.45, 2.75) is 37.8 Å². The lowest BCUT2D eigenvalue weighted by atomic mass is 10.0. The maximum atomic E-state index is 10.4. The van der Waals surface area contributed by atoms with Crippen LogP contribution in [-0.4, -0.2) is 29.8 Å². The zero-order chi connectivity index (χ0) is 8.97. The quantitative estimate of drug-likeness (QED) is 0.646.